The third-order valence-corrected chi connectivity index (χ3v) is 2.39. The van der Waals surface area contributed by atoms with Crippen LogP contribution in [0.5, 0.6) is 5.75 Å². The molecule has 0 heterocycles. The Hall–Kier alpha value is -0.800. The van der Waals surface area contributed by atoms with Crippen molar-refractivity contribution in [2.45, 2.75) is 6.92 Å². The van der Waals surface area contributed by atoms with Crippen LogP contribution in [0.15, 0.2) is 6.07 Å². The van der Waals surface area contributed by atoms with Gasteiger partial charge in [-0.05, 0) is 13.0 Å². The molecule has 0 aliphatic rings. The van der Waals surface area contributed by atoms with E-state index in [4.69, 9.17) is 27.9 Å². The zero-order chi connectivity index (χ0) is 10.7. The predicted octanol–water partition coefficient (Wildman–Crippen LogP) is 3.34. The van der Waals surface area contributed by atoms with Gasteiger partial charge in [0.25, 0.3) is 0 Å². The number of benzene rings is 1. The monoisotopic (exact) mass is 236 g/mol. The Morgan fingerprint density at radius 1 is 1.50 bits per heavy atom. The Kier molecular flexibility index (Phi) is 3.72. The second-order valence-corrected chi connectivity index (χ2v) is 3.21. The predicted molar refractivity (Wildman–Crippen MR) is 53.0 cm³/mol. The van der Waals surface area contributed by atoms with Crippen LogP contribution in [0.25, 0.3) is 0 Å². The van der Waals surface area contributed by atoms with Gasteiger partial charge in [0.05, 0.1) is 17.2 Å². The van der Waals surface area contributed by atoms with Crippen molar-refractivity contribution in [2.75, 3.05) is 6.61 Å². The summed E-state index contributed by atoms with van der Waals surface area (Å²) >= 11 is 11.2. The van der Waals surface area contributed by atoms with Crippen molar-refractivity contribution in [3.8, 4) is 5.75 Å². The van der Waals surface area contributed by atoms with Crippen molar-refractivity contribution >= 4 is 29.5 Å². The largest absolute Gasteiger partial charge is 0.492 e. The minimum Gasteiger partial charge on any atom is -0.492 e. The molecule has 0 N–H and O–H groups in total. The highest BCUT2D eigenvalue weighted by Gasteiger charge is 2.16. The van der Waals surface area contributed by atoms with Gasteiger partial charge in [-0.2, -0.15) is 0 Å². The van der Waals surface area contributed by atoms with Crippen LogP contribution in [0.4, 0.5) is 4.39 Å². The van der Waals surface area contributed by atoms with E-state index >= 15 is 0 Å². The highest BCUT2D eigenvalue weighted by Crippen LogP contribution is 2.36. The van der Waals surface area contributed by atoms with Crippen molar-refractivity contribution in [3.63, 3.8) is 0 Å². The van der Waals surface area contributed by atoms with E-state index in [0.717, 1.165) is 6.07 Å². The Labute approximate surface area is 90.6 Å². The molecular formula is C9H7Cl2FO2. The number of hydrogen-bond donors (Lipinski definition) is 0. The first-order valence-electron chi connectivity index (χ1n) is 3.87. The third-order valence-electron chi connectivity index (χ3n) is 1.56. The van der Waals surface area contributed by atoms with Gasteiger partial charge in [0.15, 0.2) is 6.29 Å². The lowest BCUT2D eigenvalue weighted by Crippen LogP contribution is -1.98. The van der Waals surface area contributed by atoms with Crippen molar-refractivity contribution in [1.29, 1.82) is 0 Å². The Morgan fingerprint density at radius 2 is 2.14 bits per heavy atom. The first-order chi connectivity index (χ1) is 6.61. The van der Waals surface area contributed by atoms with E-state index in [-0.39, 0.29) is 21.4 Å². The van der Waals surface area contributed by atoms with Crippen LogP contribution in [0.1, 0.15) is 17.3 Å². The lowest BCUT2D eigenvalue weighted by Gasteiger charge is -2.09. The summed E-state index contributed by atoms with van der Waals surface area (Å²) in [7, 11) is 0. The van der Waals surface area contributed by atoms with Crippen LogP contribution in [-0.4, -0.2) is 12.9 Å². The Bertz CT molecular complexity index is 366. The molecule has 1 aromatic carbocycles. The second-order valence-electron chi connectivity index (χ2n) is 2.46. The van der Waals surface area contributed by atoms with E-state index in [1.165, 1.54) is 0 Å². The molecule has 0 aliphatic carbocycles. The number of halogens is 3. The van der Waals surface area contributed by atoms with Gasteiger partial charge in [0.1, 0.15) is 16.6 Å². The van der Waals surface area contributed by atoms with Crippen LogP contribution in [0, 0.1) is 5.82 Å². The Morgan fingerprint density at radius 3 is 2.64 bits per heavy atom. The SMILES string of the molecule is CCOc1c(C=O)cc(F)c(Cl)c1Cl. The summed E-state index contributed by atoms with van der Waals surface area (Å²) in [6.45, 7) is 2.05. The molecule has 14 heavy (non-hydrogen) atoms. The van der Waals surface area contributed by atoms with Gasteiger partial charge in [-0.15, -0.1) is 0 Å². The van der Waals surface area contributed by atoms with Gasteiger partial charge >= 0.3 is 0 Å². The smallest absolute Gasteiger partial charge is 0.153 e. The number of ether oxygens (including phenoxy) is 1. The minimum absolute atomic E-state index is 0.0544. The number of carbonyl (C=O) groups is 1. The molecule has 0 radical (unpaired) electrons. The van der Waals surface area contributed by atoms with E-state index in [1.807, 2.05) is 0 Å². The van der Waals surface area contributed by atoms with Gasteiger partial charge in [-0.1, -0.05) is 23.2 Å². The minimum atomic E-state index is -0.734. The van der Waals surface area contributed by atoms with Gasteiger partial charge in [-0.3, -0.25) is 4.79 Å². The number of aldehydes is 1. The normalized spacial score (nSPS) is 10.0. The van der Waals surface area contributed by atoms with Crippen molar-refractivity contribution in [3.05, 3.63) is 27.5 Å². The highest BCUT2D eigenvalue weighted by molar-refractivity contribution is 6.43. The fourth-order valence-electron chi connectivity index (χ4n) is 0.975. The summed E-state index contributed by atoms with van der Waals surface area (Å²) in [4.78, 5) is 10.6. The average molecular weight is 237 g/mol. The lowest BCUT2D eigenvalue weighted by molar-refractivity contribution is 0.111. The van der Waals surface area contributed by atoms with Crippen LogP contribution < -0.4 is 4.74 Å². The van der Waals surface area contributed by atoms with Crippen LogP contribution in [0.3, 0.4) is 0 Å². The topological polar surface area (TPSA) is 26.3 Å². The summed E-state index contributed by atoms with van der Waals surface area (Å²) in [5, 5.41) is -0.309. The van der Waals surface area contributed by atoms with E-state index in [9.17, 15) is 9.18 Å². The molecule has 1 aromatic rings. The molecule has 0 saturated carbocycles. The molecule has 0 atom stereocenters. The van der Waals surface area contributed by atoms with Gasteiger partial charge in [0, 0.05) is 0 Å². The number of rotatable bonds is 3. The first kappa shape index (κ1) is 11.3. The quantitative estimate of drug-likeness (QED) is 0.595. The fourth-order valence-corrected chi connectivity index (χ4v) is 1.37. The maximum Gasteiger partial charge on any atom is 0.153 e. The summed E-state index contributed by atoms with van der Waals surface area (Å²) in [5.74, 6) is -0.613. The highest BCUT2D eigenvalue weighted by atomic mass is 35.5. The molecule has 0 aromatic heterocycles. The molecule has 0 saturated heterocycles. The summed E-state index contributed by atoms with van der Waals surface area (Å²) < 4.78 is 18.1. The van der Waals surface area contributed by atoms with E-state index in [2.05, 4.69) is 0 Å². The fraction of sp³-hybridized carbons (Fsp3) is 0.222. The maximum absolute atomic E-state index is 13.0. The summed E-state index contributed by atoms with van der Waals surface area (Å²) in [6, 6.07) is 0.992. The number of carbonyl (C=O) groups excluding carboxylic acids is 1. The van der Waals surface area contributed by atoms with Crippen LogP contribution in [0.2, 0.25) is 10.0 Å². The molecule has 0 unspecified atom stereocenters. The summed E-state index contributed by atoms with van der Waals surface area (Å²) in [6.07, 6.45) is 0.469. The second kappa shape index (κ2) is 4.62. The van der Waals surface area contributed by atoms with E-state index in [0.29, 0.717) is 12.9 Å². The zero-order valence-corrected chi connectivity index (χ0v) is 8.82. The third kappa shape index (κ3) is 1.99. The maximum atomic E-state index is 13.0. The van der Waals surface area contributed by atoms with E-state index in [1.54, 1.807) is 6.92 Å². The Balaban J connectivity index is 3.36. The standard InChI is InChI=1S/C9H7Cl2FO2/c1-2-14-9-5(4-13)3-6(12)7(10)8(9)11/h3-4H,2H2,1H3. The van der Waals surface area contributed by atoms with Gasteiger partial charge in [0.2, 0.25) is 0 Å². The molecule has 0 amide bonds. The van der Waals surface area contributed by atoms with Crippen molar-refractivity contribution in [1.82, 2.24) is 0 Å². The number of hydrogen-bond acceptors (Lipinski definition) is 2. The van der Waals surface area contributed by atoms with Crippen LogP contribution in [-0.2, 0) is 0 Å². The molecule has 0 aliphatic heterocycles. The first-order valence-corrected chi connectivity index (χ1v) is 4.62. The lowest BCUT2D eigenvalue weighted by atomic mass is 10.2. The average Bonchev–Trinajstić information content (AvgIpc) is 2.19. The molecule has 1 rings (SSSR count). The van der Waals surface area contributed by atoms with Crippen molar-refractivity contribution in [2.24, 2.45) is 0 Å². The molecular weight excluding hydrogens is 230 g/mol. The molecule has 0 spiro atoms. The van der Waals surface area contributed by atoms with Gasteiger partial charge < -0.3 is 4.74 Å². The van der Waals surface area contributed by atoms with Crippen LogP contribution >= 0.6 is 23.2 Å². The van der Waals surface area contributed by atoms with Gasteiger partial charge in [-0.25, -0.2) is 4.39 Å². The summed E-state index contributed by atoms with van der Waals surface area (Å²) in [5.41, 5.74) is 0.0544. The van der Waals surface area contributed by atoms with E-state index < -0.39 is 5.82 Å². The zero-order valence-electron chi connectivity index (χ0n) is 7.31. The molecule has 0 fully saturated rings. The molecule has 5 heteroatoms. The molecule has 2 nitrogen and oxygen atoms in total. The van der Waals surface area contributed by atoms with Crippen molar-refractivity contribution < 1.29 is 13.9 Å². The molecule has 76 valence electrons. The molecule has 0 bridgehead atoms.